The maximum absolute atomic E-state index is 11.0. The lowest BCUT2D eigenvalue weighted by molar-refractivity contribution is 0.00848. The quantitative estimate of drug-likeness (QED) is 0.868. The van der Waals surface area contributed by atoms with Gasteiger partial charge in [-0.25, -0.2) is 0 Å². The molecule has 116 valence electrons. The van der Waals surface area contributed by atoms with Gasteiger partial charge in [-0.3, -0.25) is 0 Å². The van der Waals surface area contributed by atoms with Crippen molar-refractivity contribution in [3.8, 4) is 0 Å². The largest absolute Gasteiger partial charge is 0.388 e. The van der Waals surface area contributed by atoms with Crippen LogP contribution in [0.1, 0.15) is 80.9 Å². The second-order valence-electron chi connectivity index (χ2n) is 7.18. The molecule has 3 rings (SSSR count). The molecule has 2 heteroatoms. The molecule has 2 aliphatic rings. The average molecular weight is 287 g/mol. The van der Waals surface area contributed by atoms with Crippen LogP contribution in [0.5, 0.6) is 0 Å². The summed E-state index contributed by atoms with van der Waals surface area (Å²) in [4.78, 5) is 0. The van der Waals surface area contributed by atoms with Gasteiger partial charge in [0, 0.05) is 12.0 Å². The molecule has 2 fully saturated rings. The Bertz CT molecular complexity index is 441. The van der Waals surface area contributed by atoms with Crippen LogP contribution in [0.15, 0.2) is 24.3 Å². The van der Waals surface area contributed by atoms with E-state index in [0.717, 1.165) is 24.3 Å². The van der Waals surface area contributed by atoms with Crippen LogP contribution < -0.4 is 5.73 Å². The minimum Gasteiger partial charge on any atom is -0.388 e. The molecule has 1 aromatic rings. The first-order chi connectivity index (χ1) is 10.2. The number of hydrogen-bond donors (Lipinski definition) is 2. The van der Waals surface area contributed by atoms with Crippen molar-refractivity contribution < 1.29 is 5.11 Å². The molecule has 0 amide bonds. The Morgan fingerprint density at radius 3 is 2.10 bits per heavy atom. The molecule has 0 spiro atoms. The van der Waals surface area contributed by atoms with Gasteiger partial charge in [0.1, 0.15) is 0 Å². The van der Waals surface area contributed by atoms with Gasteiger partial charge in [-0.2, -0.15) is 0 Å². The smallest absolute Gasteiger partial charge is 0.0858 e. The number of benzene rings is 1. The van der Waals surface area contributed by atoms with Crippen molar-refractivity contribution in [1.82, 2.24) is 0 Å². The van der Waals surface area contributed by atoms with Gasteiger partial charge in [0.25, 0.3) is 0 Å². The third-order valence-electron chi connectivity index (χ3n) is 5.64. The van der Waals surface area contributed by atoms with Crippen LogP contribution in [0.4, 0.5) is 0 Å². The van der Waals surface area contributed by atoms with E-state index in [4.69, 9.17) is 5.73 Å². The number of aliphatic hydroxyl groups excluding tert-OH is 1. The van der Waals surface area contributed by atoms with Crippen molar-refractivity contribution in [2.45, 2.75) is 69.8 Å². The summed E-state index contributed by atoms with van der Waals surface area (Å²) in [5.41, 5.74) is 8.51. The van der Waals surface area contributed by atoms with Crippen LogP contribution in [-0.4, -0.2) is 11.7 Å². The van der Waals surface area contributed by atoms with E-state index >= 15 is 0 Å². The van der Waals surface area contributed by atoms with Crippen LogP contribution in [-0.2, 0) is 0 Å². The third kappa shape index (κ3) is 3.32. The highest BCUT2D eigenvalue weighted by Crippen LogP contribution is 2.45. The van der Waals surface area contributed by atoms with Crippen molar-refractivity contribution in [2.24, 2.45) is 11.1 Å². The zero-order valence-corrected chi connectivity index (χ0v) is 13.1. The van der Waals surface area contributed by atoms with Crippen LogP contribution in [0, 0.1) is 5.41 Å². The normalized spacial score (nSPS) is 24.1. The van der Waals surface area contributed by atoms with E-state index in [1.165, 1.54) is 50.5 Å². The van der Waals surface area contributed by atoms with Crippen molar-refractivity contribution in [3.05, 3.63) is 35.4 Å². The number of rotatable bonds is 4. The summed E-state index contributed by atoms with van der Waals surface area (Å²) in [6, 6.07) is 8.69. The van der Waals surface area contributed by atoms with Crippen LogP contribution in [0.3, 0.4) is 0 Å². The lowest BCUT2D eigenvalue weighted by atomic mass is 9.70. The Morgan fingerprint density at radius 1 is 1.00 bits per heavy atom. The Morgan fingerprint density at radius 2 is 1.57 bits per heavy atom. The fraction of sp³-hybridized carbons (Fsp3) is 0.684. The highest BCUT2D eigenvalue weighted by Gasteiger charge is 2.37. The summed E-state index contributed by atoms with van der Waals surface area (Å²) in [5, 5.41) is 11.0. The maximum atomic E-state index is 11.0. The van der Waals surface area contributed by atoms with Crippen LogP contribution >= 0.6 is 0 Å². The predicted molar refractivity (Wildman–Crippen MR) is 87.2 cm³/mol. The standard InChI is InChI=1S/C19H29NO/c20-14-19(12-4-2-1-3-5-13-19)18(21)17-10-8-16(9-11-17)15-6-7-15/h8-11,15,18,21H,1-7,12-14,20H2. The van der Waals surface area contributed by atoms with Crippen molar-refractivity contribution in [1.29, 1.82) is 0 Å². The summed E-state index contributed by atoms with van der Waals surface area (Å²) < 4.78 is 0. The van der Waals surface area contributed by atoms with Gasteiger partial charge in [-0.05, 0) is 42.7 Å². The van der Waals surface area contributed by atoms with Crippen molar-refractivity contribution >= 4 is 0 Å². The number of aliphatic hydroxyl groups is 1. The Kier molecular flexibility index (Phi) is 4.66. The fourth-order valence-corrected chi connectivity index (χ4v) is 3.92. The number of nitrogens with two attached hydrogens (primary N) is 1. The summed E-state index contributed by atoms with van der Waals surface area (Å²) in [6.45, 7) is 0.596. The molecule has 0 bridgehead atoms. The Hall–Kier alpha value is -0.860. The first-order valence-electron chi connectivity index (χ1n) is 8.73. The molecular formula is C19H29NO. The first kappa shape index (κ1) is 15.1. The highest BCUT2D eigenvalue weighted by molar-refractivity contribution is 5.30. The van der Waals surface area contributed by atoms with Gasteiger partial charge in [-0.1, -0.05) is 56.4 Å². The maximum Gasteiger partial charge on any atom is 0.0858 e. The highest BCUT2D eigenvalue weighted by atomic mass is 16.3. The van der Waals surface area contributed by atoms with E-state index in [1.54, 1.807) is 0 Å². The molecule has 0 aliphatic heterocycles. The van der Waals surface area contributed by atoms with Crippen LogP contribution in [0.2, 0.25) is 0 Å². The molecule has 3 N–H and O–H groups in total. The summed E-state index contributed by atoms with van der Waals surface area (Å²) in [7, 11) is 0. The lowest BCUT2D eigenvalue weighted by Crippen LogP contribution is -2.37. The van der Waals surface area contributed by atoms with Crippen molar-refractivity contribution in [2.75, 3.05) is 6.54 Å². The van der Waals surface area contributed by atoms with E-state index in [0.29, 0.717) is 6.54 Å². The fourth-order valence-electron chi connectivity index (χ4n) is 3.92. The summed E-state index contributed by atoms with van der Waals surface area (Å²) in [6.07, 6.45) is 10.7. The second-order valence-corrected chi connectivity index (χ2v) is 7.18. The van der Waals surface area contributed by atoms with Gasteiger partial charge >= 0.3 is 0 Å². The zero-order valence-electron chi connectivity index (χ0n) is 13.1. The molecule has 0 heterocycles. The van der Waals surface area contributed by atoms with Gasteiger partial charge in [0.15, 0.2) is 0 Å². The summed E-state index contributed by atoms with van der Waals surface area (Å²) >= 11 is 0. The Labute approximate surface area is 128 Å². The van der Waals surface area contributed by atoms with E-state index in [1.807, 2.05) is 0 Å². The molecule has 2 nitrogen and oxygen atoms in total. The molecular weight excluding hydrogens is 258 g/mol. The molecule has 0 aromatic heterocycles. The molecule has 21 heavy (non-hydrogen) atoms. The van der Waals surface area contributed by atoms with E-state index < -0.39 is 6.10 Å². The molecule has 0 saturated heterocycles. The lowest BCUT2D eigenvalue weighted by Gasteiger charge is -2.39. The molecule has 2 saturated carbocycles. The van der Waals surface area contributed by atoms with Gasteiger partial charge in [-0.15, -0.1) is 0 Å². The molecule has 1 unspecified atom stereocenters. The van der Waals surface area contributed by atoms with E-state index in [9.17, 15) is 5.11 Å². The minimum atomic E-state index is -0.408. The average Bonchev–Trinajstić information content (AvgIpc) is 3.32. The molecule has 0 radical (unpaired) electrons. The number of hydrogen-bond acceptors (Lipinski definition) is 2. The Balaban J connectivity index is 1.77. The molecule has 1 aromatic carbocycles. The molecule has 1 atom stereocenters. The van der Waals surface area contributed by atoms with Gasteiger partial charge < -0.3 is 10.8 Å². The third-order valence-corrected chi connectivity index (χ3v) is 5.64. The SMILES string of the molecule is NCC1(C(O)c2ccc(C3CC3)cc2)CCCCCCC1. The van der Waals surface area contributed by atoms with E-state index in [-0.39, 0.29) is 5.41 Å². The van der Waals surface area contributed by atoms with Gasteiger partial charge in [0.05, 0.1) is 6.10 Å². The second kappa shape index (κ2) is 6.50. The monoisotopic (exact) mass is 287 g/mol. The van der Waals surface area contributed by atoms with Gasteiger partial charge in [0.2, 0.25) is 0 Å². The topological polar surface area (TPSA) is 46.2 Å². The molecule has 2 aliphatic carbocycles. The van der Waals surface area contributed by atoms with Crippen LogP contribution in [0.25, 0.3) is 0 Å². The van der Waals surface area contributed by atoms with E-state index in [2.05, 4.69) is 24.3 Å². The minimum absolute atomic E-state index is 0.110. The first-order valence-corrected chi connectivity index (χ1v) is 8.73. The summed E-state index contributed by atoms with van der Waals surface area (Å²) in [5.74, 6) is 0.779. The van der Waals surface area contributed by atoms with Crippen molar-refractivity contribution in [3.63, 3.8) is 0 Å². The predicted octanol–water partition coefficient (Wildman–Crippen LogP) is 4.29. The zero-order chi connectivity index (χ0) is 14.7.